The molecule has 2 heterocycles. The van der Waals surface area contributed by atoms with Gasteiger partial charge in [-0.1, -0.05) is 25.1 Å². The van der Waals surface area contributed by atoms with Gasteiger partial charge in [-0.15, -0.1) is 0 Å². The molecule has 1 aliphatic rings. The Morgan fingerprint density at radius 2 is 2.17 bits per heavy atom. The quantitative estimate of drug-likeness (QED) is 0.891. The molecule has 122 valence electrons. The van der Waals surface area contributed by atoms with Crippen molar-refractivity contribution in [1.29, 1.82) is 0 Å². The molecular formula is C19H24N2O2. The smallest absolute Gasteiger partial charge is 0.251 e. The maximum atomic E-state index is 12.4. The van der Waals surface area contributed by atoms with Gasteiger partial charge in [0, 0.05) is 18.7 Å². The fraction of sp³-hybridized carbons (Fsp3) is 0.421. The molecule has 23 heavy (non-hydrogen) atoms. The predicted molar refractivity (Wildman–Crippen MR) is 90.2 cm³/mol. The zero-order chi connectivity index (χ0) is 16.1. The van der Waals surface area contributed by atoms with Crippen molar-refractivity contribution in [2.45, 2.75) is 26.3 Å². The van der Waals surface area contributed by atoms with Crippen molar-refractivity contribution in [3.63, 3.8) is 0 Å². The summed E-state index contributed by atoms with van der Waals surface area (Å²) >= 11 is 0. The lowest BCUT2D eigenvalue weighted by Gasteiger charge is -2.15. The Kier molecular flexibility index (Phi) is 5.13. The Labute approximate surface area is 137 Å². The molecule has 0 saturated carbocycles. The van der Waals surface area contributed by atoms with Gasteiger partial charge in [-0.05, 0) is 49.1 Å². The van der Waals surface area contributed by atoms with Gasteiger partial charge in [0.15, 0.2) is 0 Å². The third-order valence-corrected chi connectivity index (χ3v) is 4.52. The molecule has 0 bridgehead atoms. The summed E-state index contributed by atoms with van der Waals surface area (Å²) in [6, 6.07) is 11.8. The highest BCUT2D eigenvalue weighted by Gasteiger charge is 2.23. The van der Waals surface area contributed by atoms with Gasteiger partial charge in [0.2, 0.25) is 0 Å². The number of nitrogens with zero attached hydrogens (tertiary/aromatic N) is 1. The minimum atomic E-state index is 0.0481. The van der Waals surface area contributed by atoms with E-state index in [1.807, 2.05) is 36.4 Å². The molecule has 2 aromatic rings. The van der Waals surface area contributed by atoms with Gasteiger partial charge < -0.3 is 9.73 Å². The molecule has 1 fully saturated rings. The summed E-state index contributed by atoms with van der Waals surface area (Å²) in [6.45, 7) is 5.75. The van der Waals surface area contributed by atoms with Crippen LogP contribution in [0, 0.1) is 5.92 Å². The van der Waals surface area contributed by atoms with Gasteiger partial charge in [0.05, 0.1) is 12.8 Å². The van der Waals surface area contributed by atoms with Gasteiger partial charge in [0.25, 0.3) is 5.91 Å². The van der Waals surface area contributed by atoms with Crippen LogP contribution in [0.15, 0.2) is 47.1 Å². The first-order chi connectivity index (χ1) is 11.3. The zero-order valence-corrected chi connectivity index (χ0v) is 13.6. The van der Waals surface area contributed by atoms with Crippen molar-refractivity contribution < 1.29 is 9.21 Å². The largest absolute Gasteiger partial charge is 0.468 e. The van der Waals surface area contributed by atoms with E-state index in [4.69, 9.17) is 4.42 Å². The fourth-order valence-corrected chi connectivity index (χ4v) is 3.23. The van der Waals surface area contributed by atoms with Crippen LogP contribution in [-0.4, -0.2) is 30.4 Å². The van der Waals surface area contributed by atoms with E-state index in [1.54, 1.807) is 6.26 Å². The lowest BCUT2D eigenvalue weighted by Crippen LogP contribution is -2.31. The highest BCUT2D eigenvalue weighted by molar-refractivity contribution is 5.95. The molecule has 0 radical (unpaired) electrons. The van der Waals surface area contributed by atoms with E-state index in [0.717, 1.165) is 55.9 Å². The highest BCUT2D eigenvalue weighted by Crippen LogP contribution is 2.18. The number of carbonyl (C=O) groups is 1. The molecule has 4 heteroatoms. The normalized spacial score (nSPS) is 18.2. The number of likely N-dealkylation sites (tertiary alicyclic amines) is 1. The summed E-state index contributed by atoms with van der Waals surface area (Å²) in [6.07, 6.45) is 3.72. The van der Waals surface area contributed by atoms with E-state index in [0.29, 0.717) is 5.92 Å². The maximum absolute atomic E-state index is 12.4. The Morgan fingerprint density at radius 3 is 2.96 bits per heavy atom. The topological polar surface area (TPSA) is 45.5 Å². The second-order valence-electron chi connectivity index (χ2n) is 6.19. The molecule has 1 amide bonds. The number of rotatable bonds is 6. The third kappa shape index (κ3) is 4.02. The van der Waals surface area contributed by atoms with E-state index < -0.39 is 0 Å². The van der Waals surface area contributed by atoms with Crippen LogP contribution in [0.3, 0.4) is 0 Å². The van der Waals surface area contributed by atoms with Crippen LogP contribution in [-0.2, 0) is 13.0 Å². The molecule has 4 nitrogen and oxygen atoms in total. The molecule has 3 rings (SSSR count). The summed E-state index contributed by atoms with van der Waals surface area (Å²) < 4.78 is 5.40. The number of aryl methyl sites for hydroxylation is 1. The van der Waals surface area contributed by atoms with Gasteiger partial charge in [-0.3, -0.25) is 9.69 Å². The van der Waals surface area contributed by atoms with Crippen molar-refractivity contribution in [3.05, 3.63) is 59.5 Å². The van der Waals surface area contributed by atoms with Gasteiger partial charge >= 0.3 is 0 Å². The van der Waals surface area contributed by atoms with E-state index in [1.165, 1.54) is 0 Å². The van der Waals surface area contributed by atoms with Gasteiger partial charge in [-0.25, -0.2) is 0 Å². The van der Waals surface area contributed by atoms with E-state index >= 15 is 0 Å². The minimum Gasteiger partial charge on any atom is -0.468 e. The molecule has 1 aromatic carbocycles. The van der Waals surface area contributed by atoms with E-state index in [9.17, 15) is 4.79 Å². The van der Waals surface area contributed by atoms with Crippen molar-refractivity contribution in [1.82, 2.24) is 10.2 Å². The molecule has 1 unspecified atom stereocenters. The van der Waals surface area contributed by atoms with Gasteiger partial charge in [0.1, 0.15) is 5.76 Å². The summed E-state index contributed by atoms with van der Waals surface area (Å²) in [7, 11) is 0. The van der Waals surface area contributed by atoms with E-state index in [-0.39, 0.29) is 5.91 Å². The monoisotopic (exact) mass is 312 g/mol. The minimum absolute atomic E-state index is 0.0481. The number of carbonyl (C=O) groups excluding carboxylic acids is 1. The summed E-state index contributed by atoms with van der Waals surface area (Å²) in [5.41, 5.74) is 1.91. The first kappa shape index (κ1) is 15.8. The molecule has 1 aliphatic heterocycles. The first-order valence-corrected chi connectivity index (χ1v) is 8.37. The standard InChI is InChI=1S/C19H24N2O2/c1-2-16-6-3-4-8-18(16)19(22)20-12-15-9-10-21(13-15)14-17-7-5-11-23-17/h3-8,11,15H,2,9-10,12-14H2,1H3,(H,20,22). The van der Waals surface area contributed by atoms with Crippen LogP contribution in [0.1, 0.15) is 35.0 Å². The Morgan fingerprint density at radius 1 is 1.30 bits per heavy atom. The number of amides is 1. The Balaban J connectivity index is 1.48. The lowest BCUT2D eigenvalue weighted by molar-refractivity contribution is 0.0946. The summed E-state index contributed by atoms with van der Waals surface area (Å²) in [5, 5.41) is 3.11. The zero-order valence-electron chi connectivity index (χ0n) is 13.6. The van der Waals surface area contributed by atoms with Crippen molar-refractivity contribution in [2.24, 2.45) is 5.92 Å². The van der Waals surface area contributed by atoms with Crippen molar-refractivity contribution in [2.75, 3.05) is 19.6 Å². The average molecular weight is 312 g/mol. The van der Waals surface area contributed by atoms with Crippen LogP contribution in [0.2, 0.25) is 0 Å². The van der Waals surface area contributed by atoms with Crippen LogP contribution in [0.5, 0.6) is 0 Å². The molecule has 1 saturated heterocycles. The SMILES string of the molecule is CCc1ccccc1C(=O)NCC1CCN(Cc2ccco2)C1. The fourth-order valence-electron chi connectivity index (χ4n) is 3.23. The Hall–Kier alpha value is -2.07. The van der Waals surface area contributed by atoms with Gasteiger partial charge in [-0.2, -0.15) is 0 Å². The average Bonchev–Trinajstić information content (AvgIpc) is 3.25. The van der Waals surface area contributed by atoms with Crippen LogP contribution in [0.25, 0.3) is 0 Å². The number of benzene rings is 1. The van der Waals surface area contributed by atoms with Crippen LogP contribution in [0.4, 0.5) is 0 Å². The number of nitrogens with one attached hydrogen (secondary N) is 1. The van der Waals surface area contributed by atoms with Crippen molar-refractivity contribution >= 4 is 5.91 Å². The number of hydrogen-bond acceptors (Lipinski definition) is 3. The molecule has 1 N–H and O–H groups in total. The van der Waals surface area contributed by atoms with Crippen LogP contribution >= 0.6 is 0 Å². The maximum Gasteiger partial charge on any atom is 0.251 e. The lowest BCUT2D eigenvalue weighted by atomic mass is 10.0. The summed E-state index contributed by atoms with van der Waals surface area (Å²) in [5.74, 6) is 1.57. The number of hydrogen-bond donors (Lipinski definition) is 1. The number of furan rings is 1. The Bertz CT molecular complexity index is 637. The molecule has 0 aliphatic carbocycles. The highest BCUT2D eigenvalue weighted by atomic mass is 16.3. The summed E-state index contributed by atoms with van der Waals surface area (Å²) in [4.78, 5) is 14.8. The van der Waals surface area contributed by atoms with Crippen LogP contribution < -0.4 is 5.32 Å². The van der Waals surface area contributed by atoms with E-state index in [2.05, 4.69) is 17.1 Å². The molecule has 1 atom stereocenters. The molecule has 0 spiro atoms. The second-order valence-corrected chi connectivity index (χ2v) is 6.19. The first-order valence-electron chi connectivity index (χ1n) is 8.37. The van der Waals surface area contributed by atoms with Crippen molar-refractivity contribution in [3.8, 4) is 0 Å². The predicted octanol–water partition coefficient (Wildman–Crippen LogP) is 3.09. The third-order valence-electron chi connectivity index (χ3n) is 4.52. The molecule has 1 aromatic heterocycles. The second kappa shape index (κ2) is 7.47. The molecular weight excluding hydrogens is 288 g/mol.